The first-order chi connectivity index (χ1) is 13.0. The minimum absolute atomic E-state index is 0.000663. The molecule has 28 heavy (non-hydrogen) atoms. The third-order valence-electron chi connectivity index (χ3n) is 3.96. The number of benzene rings is 3. The van der Waals surface area contributed by atoms with Crippen LogP contribution in [-0.2, 0) is 20.2 Å². The van der Waals surface area contributed by atoms with Crippen molar-refractivity contribution >= 4 is 42.4 Å². The zero-order valence-electron chi connectivity index (χ0n) is 14.3. The molecule has 0 aliphatic rings. The van der Waals surface area contributed by atoms with Gasteiger partial charge < -0.3 is 5.11 Å². The molecule has 0 spiro atoms. The van der Waals surface area contributed by atoms with Gasteiger partial charge in [0.15, 0.2) is 0 Å². The molecule has 0 bridgehead atoms. The zero-order chi connectivity index (χ0) is 20.7. The number of aromatic hydroxyl groups is 1. The Balaban J connectivity index is 2.38. The summed E-state index contributed by atoms with van der Waals surface area (Å²) in [6, 6.07) is 10.9. The van der Waals surface area contributed by atoms with Crippen molar-refractivity contribution < 1.29 is 31.0 Å². The number of phenolic OH excluding ortho intramolecular Hbond substituents is 1. The summed E-state index contributed by atoms with van der Waals surface area (Å²) in [6.45, 7) is 1.78. The van der Waals surface area contributed by atoms with Crippen molar-refractivity contribution in [2.75, 3.05) is 0 Å². The van der Waals surface area contributed by atoms with Crippen LogP contribution in [0.25, 0.3) is 10.8 Å². The molecule has 3 N–H and O–H groups in total. The summed E-state index contributed by atoms with van der Waals surface area (Å²) in [5, 5.41) is 17.9. The molecule has 0 atom stereocenters. The van der Waals surface area contributed by atoms with Crippen LogP contribution in [0.4, 0.5) is 11.4 Å². The van der Waals surface area contributed by atoms with E-state index in [9.17, 15) is 31.0 Å². The Bertz CT molecular complexity index is 1330. The maximum absolute atomic E-state index is 11.8. The predicted molar refractivity (Wildman–Crippen MR) is 101 cm³/mol. The second kappa shape index (κ2) is 6.95. The van der Waals surface area contributed by atoms with Gasteiger partial charge in [0.25, 0.3) is 20.2 Å². The fourth-order valence-corrected chi connectivity index (χ4v) is 3.97. The monoisotopic (exact) mass is 422 g/mol. The van der Waals surface area contributed by atoms with Crippen LogP contribution in [-0.4, -0.2) is 31.0 Å². The van der Waals surface area contributed by atoms with E-state index in [1.807, 2.05) is 0 Å². The number of nitrogens with zero attached hydrogens (tertiary/aromatic N) is 2. The topological polar surface area (TPSA) is 154 Å². The molecule has 0 unspecified atom stereocenters. The van der Waals surface area contributed by atoms with Gasteiger partial charge in [-0.15, -0.1) is 5.11 Å². The lowest BCUT2D eigenvalue weighted by Gasteiger charge is -2.10. The summed E-state index contributed by atoms with van der Waals surface area (Å²) in [7, 11) is -9.68. The maximum atomic E-state index is 11.8. The van der Waals surface area contributed by atoms with Gasteiger partial charge in [0.2, 0.25) is 0 Å². The second-order valence-electron chi connectivity index (χ2n) is 5.89. The van der Waals surface area contributed by atoms with Crippen molar-refractivity contribution in [3.05, 3.63) is 54.1 Å². The summed E-state index contributed by atoms with van der Waals surface area (Å²) in [5.74, 6) is -0.436. The molecule has 0 fully saturated rings. The largest absolute Gasteiger partial charge is 0.506 e. The summed E-state index contributed by atoms with van der Waals surface area (Å²) in [5.41, 5.74) is 0.951. The number of fused-ring (bicyclic) bond motifs is 1. The van der Waals surface area contributed by atoms with E-state index >= 15 is 0 Å². The smallest absolute Gasteiger partial charge is 0.295 e. The highest BCUT2D eigenvalue weighted by atomic mass is 32.2. The van der Waals surface area contributed by atoms with Crippen molar-refractivity contribution in [2.45, 2.75) is 16.7 Å². The minimum Gasteiger partial charge on any atom is -0.506 e. The summed E-state index contributed by atoms with van der Waals surface area (Å²) >= 11 is 0. The van der Waals surface area contributed by atoms with Gasteiger partial charge in [0.05, 0.1) is 10.6 Å². The number of azo groups is 1. The van der Waals surface area contributed by atoms with Crippen molar-refractivity contribution in [3.8, 4) is 5.75 Å². The fraction of sp³-hybridized carbons (Fsp3) is 0.0588. The van der Waals surface area contributed by atoms with Gasteiger partial charge in [-0.3, -0.25) is 9.11 Å². The van der Waals surface area contributed by atoms with Crippen LogP contribution in [0.15, 0.2) is 68.6 Å². The molecule has 0 amide bonds. The van der Waals surface area contributed by atoms with Crippen LogP contribution in [0.5, 0.6) is 5.75 Å². The SMILES string of the molecule is Cc1ccccc1N=Nc1c(O)ccc2cc(S(=O)(=O)O)cc(S(=O)(=O)O)c12. The number of hydrogen-bond donors (Lipinski definition) is 3. The first kappa shape index (κ1) is 19.9. The number of aryl methyl sites for hydroxylation is 1. The molecule has 11 heteroatoms. The van der Waals surface area contributed by atoms with Gasteiger partial charge in [-0.25, -0.2) is 0 Å². The molecule has 146 valence electrons. The Morgan fingerprint density at radius 2 is 1.54 bits per heavy atom. The fourth-order valence-electron chi connectivity index (χ4n) is 2.60. The molecule has 0 heterocycles. The number of hydrogen-bond acceptors (Lipinski definition) is 7. The van der Waals surface area contributed by atoms with E-state index in [-0.39, 0.29) is 16.5 Å². The predicted octanol–water partition coefficient (Wildman–Crippen LogP) is 3.76. The van der Waals surface area contributed by atoms with Crippen LogP contribution < -0.4 is 0 Å². The van der Waals surface area contributed by atoms with Crippen molar-refractivity contribution in [3.63, 3.8) is 0 Å². The zero-order valence-corrected chi connectivity index (χ0v) is 15.9. The van der Waals surface area contributed by atoms with Gasteiger partial charge in [0, 0.05) is 5.39 Å². The van der Waals surface area contributed by atoms with Crippen LogP contribution in [0, 0.1) is 6.92 Å². The Morgan fingerprint density at radius 1 is 0.857 bits per heavy atom. The maximum Gasteiger partial charge on any atom is 0.295 e. The first-order valence-electron chi connectivity index (χ1n) is 7.70. The lowest BCUT2D eigenvalue weighted by molar-refractivity contribution is 0.477. The van der Waals surface area contributed by atoms with Gasteiger partial charge in [-0.2, -0.15) is 21.9 Å². The lowest BCUT2D eigenvalue weighted by atomic mass is 10.1. The van der Waals surface area contributed by atoms with Crippen LogP contribution >= 0.6 is 0 Å². The average Bonchev–Trinajstić information content (AvgIpc) is 2.59. The lowest BCUT2D eigenvalue weighted by Crippen LogP contribution is -2.04. The average molecular weight is 422 g/mol. The first-order valence-corrected chi connectivity index (χ1v) is 10.6. The van der Waals surface area contributed by atoms with E-state index in [4.69, 9.17) is 0 Å². The van der Waals surface area contributed by atoms with E-state index in [0.717, 1.165) is 17.7 Å². The van der Waals surface area contributed by atoms with Crippen LogP contribution in [0.3, 0.4) is 0 Å². The summed E-state index contributed by atoms with van der Waals surface area (Å²) in [6.07, 6.45) is 0. The molecule has 0 aliphatic carbocycles. The molecule has 0 aliphatic heterocycles. The van der Waals surface area contributed by atoms with E-state index in [2.05, 4.69) is 10.2 Å². The van der Waals surface area contributed by atoms with Gasteiger partial charge >= 0.3 is 0 Å². The van der Waals surface area contributed by atoms with E-state index in [0.29, 0.717) is 11.8 Å². The Kier molecular flexibility index (Phi) is 4.93. The van der Waals surface area contributed by atoms with Crippen LogP contribution in [0.2, 0.25) is 0 Å². The van der Waals surface area contributed by atoms with Crippen LogP contribution in [0.1, 0.15) is 5.56 Å². The van der Waals surface area contributed by atoms with E-state index in [1.165, 1.54) is 6.07 Å². The molecule has 3 aromatic carbocycles. The Morgan fingerprint density at radius 3 is 2.14 bits per heavy atom. The van der Waals surface area contributed by atoms with E-state index in [1.54, 1.807) is 31.2 Å². The molecular weight excluding hydrogens is 408 g/mol. The highest BCUT2D eigenvalue weighted by Gasteiger charge is 2.23. The van der Waals surface area contributed by atoms with Gasteiger partial charge in [-0.05, 0) is 42.1 Å². The van der Waals surface area contributed by atoms with E-state index < -0.39 is 35.8 Å². The van der Waals surface area contributed by atoms with Crippen molar-refractivity contribution in [1.29, 1.82) is 0 Å². The summed E-state index contributed by atoms with van der Waals surface area (Å²) < 4.78 is 65.4. The molecule has 3 rings (SSSR count). The third-order valence-corrected chi connectivity index (χ3v) is 5.66. The quantitative estimate of drug-likeness (QED) is 0.427. The van der Waals surface area contributed by atoms with Gasteiger partial charge in [-0.1, -0.05) is 24.3 Å². The highest BCUT2D eigenvalue weighted by molar-refractivity contribution is 7.86. The minimum atomic E-state index is -4.93. The van der Waals surface area contributed by atoms with Crippen molar-refractivity contribution in [2.24, 2.45) is 10.2 Å². The molecular formula is C17H14N2O7S2. The van der Waals surface area contributed by atoms with Crippen molar-refractivity contribution in [1.82, 2.24) is 0 Å². The Hall–Kier alpha value is -2.86. The molecule has 0 radical (unpaired) electrons. The summed E-state index contributed by atoms with van der Waals surface area (Å²) in [4.78, 5) is -1.58. The third kappa shape index (κ3) is 3.87. The normalized spacial score (nSPS) is 12.7. The number of phenols is 1. The molecule has 0 saturated carbocycles. The number of rotatable bonds is 4. The molecule has 3 aromatic rings. The molecule has 0 aromatic heterocycles. The molecule has 9 nitrogen and oxygen atoms in total. The second-order valence-corrected chi connectivity index (χ2v) is 8.70. The standard InChI is InChI=1S/C17H14N2O7S2/c1-10-4-2-3-5-13(10)18-19-17-14(20)7-6-11-8-12(27(21,22)23)9-15(16(11)17)28(24,25)26/h2-9,20H,1H3,(H,21,22,23)(H,24,25,26). The highest BCUT2D eigenvalue weighted by Crippen LogP contribution is 2.41. The molecule has 0 saturated heterocycles. The van der Waals surface area contributed by atoms with Gasteiger partial charge in [0.1, 0.15) is 16.3 Å². The Labute approximate surface area is 160 Å².